The van der Waals surface area contributed by atoms with Crippen molar-refractivity contribution in [1.82, 2.24) is 9.88 Å². The van der Waals surface area contributed by atoms with E-state index in [0.29, 0.717) is 12.1 Å². The average molecular weight is 278 g/mol. The molecule has 1 aromatic rings. The van der Waals surface area contributed by atoms with Crippen LogP contribution in [0.1, 0.15) is 48.3 Å². The summed E-state index contributed by atoms with van der Waals surface area (Å²) in [7, 11) is 1.84. The van der Waals surface area contributed by atoms with Gasteiger partial charge >= 0.3 is 5.97 Å². The topological polar surface area (TPSA) is 71.3 Å². The molecule has 1 aromatic heterocycles. The minimum Gasteiger partial charge on any atom is -0.481 e. The Bertz CT molecular complexity index is 507. The van der Waals surface area contributed by atoms with E-state index in [1.54, 1.807) is 6.07 Å². The van der Waals surface area contributed by atoms with Crippen LogP contribution in [0, 0.1) is 12.8 Å². The second-order valence-corrected chi connectivity index (χ2v) is 5.58. The Morgan fingerprint density at radius 2 is 1.95 bits per heavy atom. The van der Waals surface area contributed by atoms with Gasteiger partial charge in [0.2, 0.25) is 0 Å². The number of carbonyl (C=O) groups excluding carboxylic acids is 1. The van der Waals surface area contributed by atoms with E-state index >= 15 is 0 Å². The zero-order valence-electron chi connectivity index (χ0n) is 12.1. The van der Waals surface area contributed by atoms with Crippen molar-refractivity contribution < 1.29 is 14.7 Å². The van der Waals surface area contributed by atoms with Crippen LogP contribution < -0.4 is 5.32 Å². The number of aryl methyl sites for hydroxylation is 1. The summed E-state index contributed by atoms with van der Waals surface area (Å²) in [6, 6.07) is 3.39. The van der Waals surface area contributed by atoms with Crippen LogP contribution in [-0.2, 0) is 11.8 Å². The summed E-state index contributed by atoms with van der Waals surface area (Å²) in [5, 5.41) is 12.2. The molecule has 0 radical (unpaired) electrons. The summed E-state index contributed by atoms with van der Waals surface area (Å²) in [5.41, 5.74) is 1.58. The van der Waals surface area contributed by atoms with Crippen molar-refractivity contribution in [2.45, 2.75) is 45.1 Å². The Hall–Kier alpha value is -1.78. The first-order chi connectivity index (χ1) is 9.50. The molecule has 1 amide bonds. The molecule has 1 fully saturated rings. The second kappa shape index (κ2) is 6.11. The van der Waals surface area contributed by atoms with Crippen LogP contribution in [0.2, 0.25) is 0 Å². The normalized spacial score (nSPS) is 23.1. The number of aromatic nitrogens is 1. The number of hydrogen-bond acceptors (Lipinski definition) is 2. The number of aliphatic carboxylic acids is 1. The minimum absolute atomic E-state index is 0.182. The number of rotatable bonds is 3. The first kappa shape index (κ1) is 14.6. The first-order valence-corrected chi connectivity index (χ1v) is 7.16. The molecule has 110 valence electrons. The fraction of sp³-hybridized carbons (Fsp3) is 0.600. The lowest BCUT2D eigenvalue weighted by Gasteiger charge is -2.23. The molecule has 1 saturated carbocycles. The third kappa shape index (κ3) is 3.03. The zero-order valence-corrected chi connectivity index (χ0v) is 12.1. The van der Waals surface area contributed by atoms with Gasteiger partial charge in [-0.05, 0) is 31.9 Å². The maximum atomic E-state index is 12.3. The van der Waals surface area contributed by atoms with Gasteiger partial charge in [-0.15, -0.1) is 0 Å². The van der Waals surface area contributed by atoms with E-state index in [1.165, 1.54) is 0 Å². The Morgan fingerprint density at radius 1 is 1.25 bits per heavy atom. The van der Waals surface area contributed by atoms with Crippen LogP contribution in [-0.4, -0.2) is 27.6 Å². The summed E-state index contributed by atoms with van der Waals surface area (Å²) >= 11 is 0. The Labute approximate surface area is 119 Å². The molecule has 2 atom stereocenters. The number of hydrogen-bond donors (Lipinski definition) is 2. The van der Waals surface area contributed by atoms with Gasteiger partial charge in [0.15, 0.2) is 0 Å². The Balaban J connectivity index is 2.11. The summed E-state index contributed by atoms with van der Waals surface area (Å²) in [5.74, 6) is -1.46. The first-order valence-electron chi connectivity index (χ1n) is 7.16. The largest absolute Gasteiger partial charge is 0.481 e. The molecular formula is C15H22N2O3. The van der Waals surface area contributed by atoms with E-state index in [9.17, 15) is 14.7 Å². The Kier molecular flexibility index (Phi) is 4.47. The number of carbonyl (C=O) groups is 2. The van der Waals surface area contributed by atoms with Crippen LogP contribution >= 0.6 is 0 Å². The quantitative estimate of drug-likeness (QED) is 0.832. The standard InChI is InChI=1S/C15H22N2O3/c1-10-8-9-13(17(10)2)14(18)16-12-7-5-3-4-6-11(12)15(19)20/h8-9,11-12H,3-7H2,1-2H3,(H,16,18)(H,19,20)/t11-,12+/m1/s1. The molecule has 0 saturated heterocycles. The molecule has 0 aromatic carbocycles. The number of carboxylic acids is 1. The highest BCUT2D eigenvalue weighted by Crippen LogP contribution is 2.24. The van der Waals surface area contributed by atoms with Crippen molar-refractivity contribution in [3.05, 3.63) is 23.5 Å². The fourth-order valence-corrected chi connectivity index (χ4v) is 2.86. The van der Waals surface area contributed by atoms with E-state index in [0.717, 1.165) is 31.4 Å². The predicted octanol–water partition coefficient (Wildman–Crippen LogP) is 2.10. The molecule has 2 rings (SSSR count). The lowest BCUT2D eigenvalue weighted by molar-refractivity contribution is -0.142. The van der Waals surface area contributed by atoms with Crippen molar-refractivity contribution in [3.63, 3.8) is 0 Å². The molecule has 20 heavy (non-hydrogen) atoms. The van der Waals surface area contributed by atoms with E-state index in [4.69, 9.17) is 0 Å². The van der Waals surface area contributed by atoms with Crippen LogP contribution in [0.4, 0.5) is 0 Å². The predicted molar refractivity (Wildman–Crippen MR) is 75.6 cm³/mol. The smallest absolute Gasteiger partial charge is 0.308 e. The SMILES string of the molecule is Cc1ccc(C(=O)N[C@H]2CCCCC[C@H]2C(=O)O)n1C. The van der Waals surface area contributed by atoms with Crippen molar-refractivity contribution >= 4 is 11.9 Å². The zero-order chi connectivity index (χ0) is 14.7. The van der Waals surface area contributed by atoms with E-state index in [-0.39, 0.29) is 11.9 Å². The molecular weight excluding hydrogens is 256 g/mol. The third-order valence-corrected chi connectivity index (χ3v) is 4.26. The Morgan fingerprint density at radius 3 is 2.55 bits per heavy atom. The highest BCUT2D eigenvalue weighted by Gasteiger charge is 2.31. The molecule has 0 aliphatic heterocycles. The van der Waals surface area contributed by atoms with E-state index < -0.39 is 11.9 Å². The van der Waals surface area contributed by atoms with Crippen molar-refractivity contribution in [2.24, 2.45) is 13.0 Å². The number of amides is 1. The fourth-order valence-electron chi connectivity index (χ4n) is 2.86. The van der Waals surface area contributed by atoms with Gasteiger partial charge in [-0.25, -0.2) is 0 Å². The number of carboxylic acid groups (broad SMARTS) is 1. The second-order valence-electron chi connectivity index (χ2n) is 5.58. The van der Waals surface area contributed by atoms with Crippen molar-refractivity contribution in [2.75, 3.05) is 0 Å². The minimum atomic E-state index is -0.805. The van der Waals surface area contributed by atoms with Gasteiger partial charge in [0.25, 0.3) is 5.91 Å². The van der Waals surface area contributed by atoms with Crippen molar-refractivity contribution in [1.29, 1.82) is 0 Å². The highest BCUT2D eigenvalue weighted by molar-refractivity contribution is 5.93. The molecule has 5 nitrogen and oxygen atoms in total. The summed E-state index contributed by atoms with van der Waals surface area (Å²) in [6.07, 6.45) is 4.32. The molecule has 1 heterocycles. The molecule has 1 aliphatic rings. The van der Waals surface area contributed by atoms with Crippen LogP contribution in [0.25, 0.3) is 0 Å². The summed E-state index contributed by atoms with van der Waals surface area (Å²) in [6.45, 7) is 1.93. The molecule has 0 unspecified atom stereocenters. The maximum absolute atomic E-state index is 12.3. The van der Waals surface area contributed by atoms with Gasteiger partial charge < -0.3 is 15.0 Å². The summed E-state index contributed by atoms with van der Waals surface area (Å²) in [4.78, 5) is 23.7. The third-order valence-electron chi connectivity index (χ3n) is 4.26. The van der Waals surface area contributed by atoms with Gasteiger partial charge in [-0.3, -0.25) is 9.59 Å². The van der Waals surface area contributed by atoms with E-state index in [1.807, 2.05) is 24.6 Å². The monoisotopic (exact) mass is 278 g/mol. The number of nitrogens with one attached hydrogen (secondary N) is 1. The van der Waals surface area contributed by atoms with Gasteiger partial charge in [0, 0.05) is 18.8 Å². The van der Waals surface area contributed by atoms with Gasteiger partial charge in [-0.2, -0.15) is 0 Å². The van der Waals surface area contributed by atoms with Gasteiger partial charge in [-0.1, -0.05) is 19.3 Å². The number of nitrogens with zero attached hydrogens (tertiary/aromatic N) is 1. The summed E-state index contributed by atoms with van der Waals surface area (Å²) < 4.78 is 1.82. The molecule has 1 aliphatic carbocycles. The molecule has 0 spiro atoms. The molecule has 5 heteroatoms. The van der Waals surface area contributed by atoms with Crippen LogP contribution in [0.15, 0.2) is 12.1 Å². The highest BCUT2D eigenvalue weighted by atomic mass is 16.4. The van der Waals surface area contributed by atoms with Gasteiger partial charge in [0.1, 0.15) is 5.69 Å². The van der Waals surface area contributed by atoms with Gasteiger partial charge in [0.05, 0.1) is 5.92 Å². The van der Waals surface area contributed by atoms with E-state index in [2.05, 4.69) is 5.32 Å². The maximum Gasteiger partial charge on any atom is 0.308 e. The van der Waals surface area contributed by atoms with Crippen LogP contribution in [0.3, 0.4) is 0 Å². The van der Waals surface area contributed by atoms with Crippen molar-refractivity contribution in [3.8, 4) is 0 Å². The lowest BCUT2D eigenvalue weighted by atomic mass is 9.95. The average Bonchev–Trinajstić information content (AvgIpc) is 2.62. The lowest BCUT2D eigenvalue weighted by Crippen LogP contribution is -2.43. The molecule has 0 bridgehead atoms. The van der Waals surface area contributed by atoms with Crippen LogP contribution in [0.5, 0.6) is 0 Å². The molecule has 2 N–H and O–H groups in total.